The summed E-state index contributed by atoms with van der Waals surface area (Å²) in [5.74, 6) is -0.114. The second-order valence-electron chi connectivity index (χ2n) is 5.04. The molecule has 0 aliphatic heterocycles. The molecule has 0 unspecified atom stereocenters. The molecular weight excluding hydrogens is 240 g/mol. The minimum absolute atomic E-state index is 0.270. The van der Waals surface area contributed by atoms with Gasteiger partial charge < -0.3 is 9.84 Å². The quantitative estimate of drug-likeness (QED) is 0.837. The van der Waals surface area contributed by atoms with Gasteiger partial charge in [0.25, 0.3) is 0 Å². The summed E-state index contributed by atoms with van der Waals surface area (Å²) in [6.45, 7) is 2.00. The van der Waals surface area contributed by atoms with Crippen molar-refractivity contribution in [2.45, 2.75) is 45.1 Å². The van der Waals surface area contributed by atoms with Crippen molar-refractivity contribution >= 4 is 12.0 Å². The van der Waals surface area contributed by atoms with Crippen LogP contribution in [0.15, 0.2) is 24.3 Å². The van der Waals surface area contributed by atoms with E-state index in [4.69, 9.17) is 9.84 Å². The number of carboxylic acids is 1. The summed E-state index contributed by atoms with van der Waals surface area (Å²) < 4.78 is 6.11. The molecule has 3 heteroatoms. The van der Waals surface area contributed by atoms with E-state index in [0.29, 0.717) is 0 Å². The third-order valence-electron chi connectivity index (χ3n) is 3.48. The van der Waals surface area contributed by atoms with Crippen molar-refractivity contribution in [1.29, 1.82) is 0 Å². The van der Waals surface area contributed by atoms with Gasteiger partial charge in [0.2, 0.25) is 0 Å². The first kappa shape index (κ1) is 13.7. The number of aliphatic carboxylic acids is 1. The number of para-hydroxylation sites is 1. The van der Waals surface area contributed by atoms with E-state index in [2.05, 4.69) is 0 Å². The van der Waals surface area contributed by atoms with Gasteiger partial charge in [0.15, 0.2) is 0 Å². The van der Waals surface area contributed by atoms with Crippen molar-refractivity contribution in [1.82, 2.24) is 0 Å². The van der Waals surface area contributed by atoms with Gasteiger partial charge in [0.05, 0.1) is 6.10 Å². The van der Waals surface area contributed by atoms with Crippen LogP contribution in [0.2, 0.25) is 0 Å². The topological polar surface area (TPSA) is 46.5 Å². The third-order valence-corrected chi connectivity index (χ3v) is 3.48. The molecule has 1 aliphatic rings. The molecule has 0 atom stereocenters. The highest BCUT2D eigenvalue weighted by atomic mass is 16.5. The van der Waals surface area contributed by atoms with Gasteiger partial charge in [-0.2, -0.15) is 0 Å². The molecule has 0 spiro atoms. The van der Waals surface area contributed by atoms with Crippen molar-refractivity contribution in [3.63, 3.8) is 0 Å². The number of aryl methyl sites for hydroxylation is 1. The summed E-state index contributed by atoms with van der Waals surface area (Å²) in [6.07, 6.45) is 8.95. The fraction of sp³-hybridized carbons (Fsp3) is 0.438. The van der Waals surface area contributed by atoms with Gasteiger partial charge in [0, 0.05) is 11.6 Å². The lowest BCUT2D eigenvalue weighted by atomic mass is 9.97. The summed E-state index contributed by atoms with van der Waals surface area (Å²) in [7, 11) is 0. The normalized spacial score (nSPS) is 16.7. The standard InChI is InChI=1S/C16H20O3/c1-12-6-5-7-13(10-11-15(17)18)16(12)19-14-8-3-2-4-9-14/h5-7,10-11,14H,2-4,8-9H2,1H3,(H,17,18)/b11-10+. The maximum absolute atomic E-state index is 10.6. The molecule has 0 heterocycles. The molecule has 0 saturated heterocycles. The van der Waals surface area contributed by atoms with Crippen LogP contribution in [0, 0.1) is 6.92 Å². The van der Waals surface area contributed by atoms with E-state index in [9.17, 15) is 4.79 Å². The summed E-state index contributed by atoms with van der Waals surface area (Å²) in [5, 5.41) is 8.73. The molecule has 2 rings (SSSR count). The summed E-state index contributed by atoms with van der Waals surface area (Å²) in [6, 6.07) is 5.81. The molecule has 0 radical (unpaired) electrons. The molecule has 3 nitrogen and oxygen atoms in total. The van der Waals surface area contributed by atoms with Crippen LogP contribution in [0.5, 0.6) is 5.75 Å². The maximum Gasteiger partial charge on any atom is 0.328 e. The van der Waals surface area contributed by atoms with Crippen LogP contribution in [0.3, 0.4) is 0 Å². The van der Waals surface area contributed by atoms with E-state index in [1.807, 2.05) is 25.1 Å². The van der Waals surface area contributed by atoms with Crippen molar-refractivity contribution in [2.75, 3.05) is 0 Å². The van der Waals surface area contributed by atoms with Gasteiger partial charge in [-0.1, -0.05) is 24.6 Å². The fourth-order valence-corrected chi connectivity index (χ4v) is 2.48. The Morgan fingerprint density at radius 2 is 2.05 bits per heavy atom. The molecule has 1 saturated carbocycles. The molecule has 102 valence electrons. The van der Waals surface area contributed by atoms with E-state index in [1.54, 1.807) is 6.08 Å². The molecule has 1 aromatic carbocycles. The zero-order valence-electron chi connectivity index (χ0n) is 11.3. The highest BCUT2D eigenvalue weighted by Gasteiger charge is 2.17. The lowest BCUT2D eigenvalue weighted by molar-refractivity contribution is -0.131. The molecule has 1 fully saturated rings. The molecule has 0 aromatic heterocycles. The Morgan fingerprint density at radius 1 is 1.32 bits per heavy atom. The van der Waals surface area contributed by atoms with Gasteiger partial charge >= 0.3 is 5.97 Å². The first-order valence-corrected chi connectivity index (χ1v) is 6.84. The molecular formula is C16H20O3. The number of rotatable bonds is 4. The SMILES string of the molecule is Cc1cccc(/C=C/C(=O)O)c1OC1CCCCC1. The number of ether oxygens (including phenoxy) is 1. The largest absolute Gasteiger partial charge is 0.490 e. The fourth-order valence-electron chi connectivity index (χ4n) is 2.48. The summed E-state index contributed by atoms with van der Waals surface area (Å²) in [5.41, 5.74) is 1.89. The van der Waals surface area contributed by atoms with Crippen LogP contribution in [-0.2, 0) is 4.79 Å². The number of carbonyl (C=O) groups is 1. The zero-order valence-corrected chi connectivity index (χ0v) is 11.3. The lowest BCUT2D eigenvalue weighted by Gasteiger charge is -2.25. The highest BCUT2D eigenvalue weighted by Crippen LogP contribution is 2.29. The molecule has 1 aliphatic carbocycles. The predicted molar refractivity (Wildman–Crippen MR) is 75.3 cm³/mol. The van der Waals surface area contributed by atoms with Gasteiger partial charge in [-0.25, -0.2) is 4.79 Å². The van der Waals surface area contributed by atoms with E-state index in [-0.39, 0.29) is 6.10 Å². The first-order valence-electron chi connectivity index (χ1n) is 6.84. The second-order valence-corrected chi connectivity index (χ2v) is 5.04. The van der Waals surface area contributed by atoms with Crippen LogP contribution >= 0.6 is 0 Å². The van der Waals surface area contributed by atoms with Gasteiger partial charge in [-0.3, -0.25) is 0 Å². The van der Waals surface area contributed by atoms with E-state index in [0.717, 1.165) is 35.8 Å². The minimum Gasteiger partial charge on any atom is -0.490 e. The number of carboxylic acid groups (broad SMARTS) is 1. The van der Waals surface area contributed by atoms with Crippen LogP contribution < -0.4 is 4.74 Å². The number of hydrogen-bond acceptors (Lipinski definition) is 2. The third kappa shape index (κ3) is 3.85. The molecule has 0 amide bonds. The van der Waals surface area contributed by atoms with Crippen molar-refractivity contribution in [3.8, 4) is 5.75 Å². The molecule has 19 heavy (non-hydrogen) atoms. The average Bonchev–Trinajstić information content (AvgIpc) is 2.40. The highest BCUT2D eigenvalue weighted by molar-refractivity contribution is 5.86. The monoisotopic (exact) mass is 260 g/mol. The number of hydrogen-bond donors (Lipinski definition) is 1. The molecule has 0 bridgehead atoms. The van der Waals surface area contributed by atoms with Crippen LogP contribution in [0.4, 0.5) is 0 Å². The zero-order chi connectivity index (χ0) is 13.7. The Kier molecular flexibility index (Phi) is 4.61. The first-order chi connectivity index (χ1) is 9.16. The Balaban J connectivity index is 2.19. The predicted octanol–water partition coefficient (Wildman–Crippen LogP) is 3.80. The maximum atomic E-state index is 10.6. The minimum atomic E-state index is -0.940. The van der Waals surface area contributed by atoms with Crippen molar-refractivity contribution in [3.05, 3.63) is 35.4 Å². The van der Waals surface area contributed by atoms with E-state index < -0.39 is 5.97 Å². The lowest BCUT2D eigenvalue weighted by Crippen LogP contribution is -2.20. The molecule has 1 aromatic rings. The second kappa shape index (κ2) is 6.41. The average molecular weight is 260 g/mol. The summed E-state index contributed by atoms with van der Waals surface area (Å²) >= 11 is 0. The van der Waals surface area contributed by atoms with Crippen LogP contribution in [0.1, 0.15) is 43.2 Å². The Bertz CT molecular complexity index is 471. The molecule has 1 N–H and O–H groups in total. The van der Waals surface area contributed by atoms with Crippen molar-refractivity contribution < 1.29 is 14.6 Å². The summed E-state index contributed by atoms with van der Waals surface area (Å²) in [4.78, 5) is 10.6. The Hall–Kier alpha value is -1.77. The van der Waals surface area contributed by atoms with Crippen LogP contribution in [-0.4, -0.2) is 17.2 Å². The van der Waals surface area contributed by atoms with Gasteiger partial charge in [0.1, 0.15) is 5.75 Å². The van der Waals surface area contributed by atoms with Crippen LogP contribution in [0.25, 0.3) is 6.08 Å². The Morgan fingerprint density at radius 3 is 2.74 bits per heavy atom. The van der Waals surface area contributed by atoms with Crippen molar-refractivity contribution in [2.24, 2.45) is 0 Å². The van der Waals surface area contributed by atoms with E-state index in [1.165, 1.54) is 19.3 Å². The van der Waals surface area contributed by atoms with E-state index >= 15 is 0 Å². The smallest absolute Gasteiger partial charge is 0.328 e. The van der Waals surface area contributed by atoms with Gasteiger partial charge in [-0.05, 0) is 44.2 Å². The number of benzene rings is 1. The Labute approximate surface area is 113 Å². The van der Waals surface area contributed by atoms with Gasteiger partial charge in [-0.15, -0.1) is 0 Å².